The first-order valence-corrected chi connectivity index (χ1v) is 8.20. The summed E-state index contributed by atoms with van der Waals surface area (Å²) in [5.41, 5.74) is 1.52. The SMILES string of the molecule is CCC(=O)N1CCCc2ccc(NC(=O)c3c(F)cccc3F)cc21. The Kier molecular flexibility index (Phi) is 4.79. The van der Waals surface area contributed by atoms with E-state index in [9.17, 15) is 18.4 Å². The number of amides is 2. The Morgan fingerprint density at radius 3 is 2.56 bits per heavy atom. The number of nitrogens with one attached hydrogen (secondary N) is 1. The van der Waals surface area contributed by atoms with Crippen LogP contribution in [0.25, 0.3) is 0 Å². The highest BCUT2D eigenvalue weighted by Crippen LogP contribution is 2.31. The Bertz CT molecular complexity index is 816. The standard InChI is InChI=1S/C19H18F2N2O2/c1-2-17(24)23-10-4-5-12-8-9-13(11-16(12)23)22-19(25)18-14(20)6-3-7-15(18)21/h3,6-9,11H,2,4-5,10H2,1H3,(H,22,25). The van der Waals surface area contributed by atoms with Crippen LogP contribution in [-0.4, -0.2) is 18.4 Å². The van der Waals surface area contributed by atoms with E-state index in [0.717, 1.165) is 36.2 Å². The van der Waals surface area contributed by atoms with Crippen LogP contribution in [0, 0.1) is 11.6 Å². The highest BCUT2D eigenvalue weighted by Gasteiger charge is 2.23. The van der Waals surface area contributed by atoms with Crippen molar-refractivity contribution >= 4 is 23.2 Å². The minimum atomic E-state index is -0.918. The van der Waals surface area contributed by atoms with Gasteiger partial charge >= 0.3 is 0 Å². The van der Waals surface area contributed by atoms with Crippen molar-refractivity contribution in [1.82, 2.24) is 0 Å². The molecule has 3 rings (SSSR count). The lowest BCUT2D eigenvalue weighted by molar-refractivity contribution is -0.118. The van der Waals surface area contributed by atoms with Gasteiger partial charge < -0.3 is 10.2 Å². The fourth-order valence-corrected chi connectivity index (χ4v) is 3.01. The van der Waals surface area contributed by atoms with Crippen molar-refractivity contribution in [2.75, 3.05) is 16.8 Å². The van der Waals surface area contributed by atoms with Gasteiger partial charge in [-0.05, 0) is 42.7 Å². The number of carbonyl (C=O) groups excluding carboxylic acids is 2. The molecule has 0 aliphatic carbocycles. The van der Waals surface area contributed by atoms with Crippen LogP contribution >= 0.6 is 0 Å². The second kappa shape index (κ2) is 7.01. The van der Waals surface area contributed by atoms with Crippen LogP contribution in [0.1, 0.15) is 35.7 Å². The molecule has 0 fully saturated rings. The van der Waals surface area contributed by atoms with Gasteiger partial charge in [0.15, 0.2) is 0 Å². The molecule has 0 saturated carbocycles. The van der Waals surface area contributed by atoms with Crippen molar-refractivity contribution in [2.45, 2.75) is 26.2 Å². The predicted octanol–water partition coefficient (Wildman–Crippen LogP) is 3.91. The molecule has 4 nitrogen and oxygen atoms in total. The van der Waals surface area contributed by atoms with Crippen LogP contribution in [0.5, 0.6) is 0 Å². The third-order valence-corrected chi connectivity index (χ3v) is 4.26. The summed E-state index contributed by atoms with van der Waals surface area (Å²) in [6.45, 7) is 2.42. The van der Waals surface area contributed by atoms with Crippen molar-refractivity contribution < 1.29 is 18.4 Å². The fraction of sp³-hybridized carbons (Fsp3) is 0.263. The van der Waals surface area contributed by atoms with Gasteiger partial charge in [0.05, 0.1) is 0 Å². The van der Waals surface area contributed by atoms with E-state index in [1.54, 1.807) is 24.0 Å². The predicted molar refractivity (Wildman–Crippen MR) is 91.7 cm³/mol. The molecule has 2 amide bonds. The van der Waals surface area contributed by atoms with E-state index in [0.29, 0.717) is 18.7 Å². The van der Waals surface area contributed by atoms with Crippen molar-refractivity contribution in [3.05, 3.63) is 59.2 Å². The molecule has 2 aromatic rings. The second-order valence-electron chi connectivity index (χ2n) is 5.90. The van der Waals surface area contributed by atoms with Gasteiger partial charge in [-0.2, -0.15) is 0 Å². The highest BCUT2D eigenvalue weighted by molar-refractivity contribution is 6.05. The lowest BCUT2D eigenvalue weighted by Crippen LogP contribution is -2.35. The summed E-state index contributed by atoms with van der Waals surface area (Å²) in [4.78, 5) is 26.0. The Morgan fingerprint density at radius 2 is 1.88 bits per heavy atom. The molecule has 0 atom stereocenters. The van der Waals surface area contributed by atoms with Crippen molar-refractivity contribution in [1.29, 1.82) is 0 Å². The van der Waals surface area contributed by atoms with Crippen LogP contribution in [0.4, 0.5) is 20.2 Å². The zero-order chi connectivity index (χ0) is 18.0. The number of benzene rings is 2. The number of halogens is 2. The number of carbonyl (C=O) groups is 2. The molecule has 6 heteroatoms. The highest BCUT2D eigenvalue weighted by atomic mass is 19.1. The number of anilines is 2. The average Bonchev–Trinajstić information content (AvgIpc) is 2.60. The number of aryl methyl sites for hydroxylation is 1. The third kappa shape index (κ3) is 3.38. The van der Waals surface area contributed by atoms with Gasteiger partial charge in [-0.1, -0.05) is 19.1 Å². The van der Waals surface area contributed by atoms with Gasteiger partial charge in [-0.25, -0.2) is 8.78 Å². The summed E-state index contributed by atoms with van der Waals surface area (Å²) in [5.74, 6) is -2.69. The minimum absolute atomic E-state index is 0.00424. The van der Waals surface area contributed by atoms with Crippen LogP contribution < -0.4 is 10.2 Å². The largest absolute Gasteiger partial charge is 0.322 e. The summed E-state index contributed by atoms with van der Waals surface area (Å²) in [6, 6.07) is 8.46. The van der Waals surface area contributed by atoms with E-state index >= 15 is 0 Å². The number of fused-ring (bicyclic) bond motifs is 1. The Labute approximate surface area is 144 Å². The van der Waals surface area contributed by atoms with Gasteiger partial charge in [0, 0.05) is 24.3 Å². The molecule has 1 heterocycles. The van der Waals surface area contributed by atoms with Crippen LogP contribution in [0.15, 0.2) is 36.4 Å². The zero-order valence-corrected chi connectivity index (χ0v) is 13.8. The van der Waals surface area contributed by atoms with Crippen LogP contribution in [0.2, 0.25) is 0 Å². The third-order valence-electron chi connectivity index (χ3n) is 4.26. The van der Waals surface area contributed by atoms with Gasteiger partial charge in [0.2, 0.25) is 5.91 Å². The summed E-state index contributed by atoms with van der Waals surface area (Å²) >= 11 is 0. The Balaban J connectivity index is 1.89. The van der Waals surface area contributed by atoms with E-state index in [1.165, 1.54) is 6.07 Å². The molecule has 0 spiro atoms. The topological polar surface area (TPSA) is 49.4 Å². The molecule has 0 unspecified atom stereocenters. The Morgan fingerprint density at radius 1 is 1.16 bits per heavy atom. The first-order valence-electron chi connectivity index (χ1n) is 8.20. The van der Waals surface area contributed by atoms with Gasteiger partial charge in [-0.3, -0.25) is 9.59 Å². The number of rotatable bonds is 3. The molecule has 25 heavy (non-hydrogen) atoms. The molecule has 0 saturated heterocycles. The minimum Gasteiger partial charge on any atom is -0.322 e. The molecule has 1 aliphatic rings. The van der Waals surface area contributed by atoms with E-state index in [-0.39, 0.29) is 5.91 Å². The van der Waals surface area contributed by atoms with E-state index in [4.69, 9.17) is 0 Å². The maximum atomic E-state index is 13.7. The molecular formula is C19H18F2N2O2. The molecule has 130 valence electrons. The zero-order valence-electron chi connectivity index (χ0n) is 13.8. The normalized spacial score (nSPS) is 13.3. The van der Waals surface area contributed by atoms with Crippen LogP contribution in [-0.2, 0) is 11.2 Å². The monoisotopic (exact) mass is 344 g/mol. The molecule has 0 bridgehead atoms. The molecule has 1 aliphatic heterocycles. The van der Waals surface area contributed by atoms with E-state index in [1.807, 2.05) is 6.07 Å². The molecule has 2 aromatic carbocycles. The summed E-state index contributed by atoms with van der Waals surface area (Å²) in [5, 5.41) is 2.51. The molecule has 1 N–H and O–H groups in total. The second-order valence-corrected chi connectivity index (χ2v) is 5.90. The number of hydrogen-bond acceptors (Lipinski definition) is 2. The van der Waals surface area contributed by atoms with E-state index < -0.39 is 23.1 Å². The quantitative estimate of drug-likeness (QED) is 0.918. The van der Waals surface area contributed by atoms with Gasteiger partial charge in [0.25, 0.3) is 5.91 Å². The van der Waals surface area contributed by atoms with Crippen molar-refractivity contribution in [3.63, 3.8) is 0 Å². The molecule has 0 aromatic heterocycles. The van der Waals surface area contributed by atoms with Crippen molar-refractivity contribution in [2.24, 2.45) is 0 Å². The maximum absolute atomic E-state index is 13.7. The summed E-state index contributed by atoms with van der Waals surface area (Å²) in [7, 11) is 0. The maximum Gasteiger partial charge on any atom is 0.261 e. The van der Waals surface area contributed by atoms with Crippen LogP contribution in [0.3, 0.4) is 0 Å². The molecular weight excluding hydrogens is 326 g/mol. The fourth-order valence-electron chi connectivity index (χ4n) is 3.01. The lowest BCUT2D eigenvalue weighted by atomic mass is 10.0. The molecule has 0 radical (unpaired) electrons. The lowest BCUT2D eigenvalue weighted by Gasteiger charge is -2.29. The number of hydrogen-bond donors (Lipinski definition) is 1. The van der Waals surface area contributed by atoms with Gasteiger partial charge in [0.1, 0.15) is 17.2 Å². The number of nitrogens with zero attached hydrogens (tertiary/aromatic N) is 1. The first-order chi connectivity index (χ1) is 12.0. The smallest absolute Gasteiger partial charge is 0.261 e. The Hall–Kier alpha value is -2.76. The average molecular weight is 344 g/mol. The van der Waals surface area contributed by atoms with Crippen molar-refractivity contribution in [3.8, 4) is 0 Å². The summed E-state index contributed by atoms with van der Waals surface area (Å²) < 4.78 is 27.5. The van der Waals surface area contributed by atoms with E-state index in [2.05, 4.69) is 5.32 Å². The first kappa shape index (κ1) is 17.1. The summed E-state index contributed by atoms with van der Waals surface area (Å²) in [6.07, 6.45) is 2.11. The van der Waals surface area contributed by atoms with Gasteiger partial charge in [-0.15, -0.1) is 0 Å².